The van der Waals surface area contributed by atoms with Gasteiger partial charge in [-0.05, 0) is 28.1 Å². The third-order valence-electron chi connectivity index (χ3n) is 2.28. The third kappa shape index (κ3) is 3.37. The van der Waals surface area contributed by atoms with E-state index in [4.69, 9.17) is 11.6 Å². The van der Waals surface area contributed by atoms with Crippen molar-refractivity contribution < 1.29 is 0 Å². The first-order chi connectivity index (χ1) is 8.68. The van der Waals surface area contributed by atoms with Crippen LogP contribution in [-0.2, 0) is 6.54 Å². The molecule has 0 bridgehead atoms. The van der Waals surface area contributed by atoms with Gasteiger partial charge in [0.25, 0.3) is 5.56 Å². The van der Waals surface area contributed by atoms with E-state index in [1.807, 2.05) is 30.3 Å². The minimum absolute atomic E-state index is 0.149. The smallest absolute Gasteiger partial charge is 0.269 e. The van der Waals surface area contributed by atoms with Gasteiger partial charge in [0.2, 0.25) is 0 Å². The monoisotopic (exact) mass is 344 g/mol. The van der Waals surface area contributed by atoms with E-state index in [9.17, 15) is 4.79 Å². The Morgan fingerprint density at radius 3 is 2.78 bits per heavy atom. The van der Waals surface area contributed by atoms with Crippen molar-refractivity contribution in [1.82, 2.24) is 9.55 Å². The maximum atomic E-state index is 11.8. The average molecular weight is 346 g/mol. The molecule has 6 heteroatoms. The molecule has 3 nitrogen and oxygen atoms in total. The number of hydrogen-bond donors (Lipinski definition) is 0. The minimum atomic E-state index is -0.149. The molecule has 0 amide bonds. The summed E-state index contributed by atoms with van der Waals surface area (Å²) in [5.41, 5.74) is -0.149. The first kappa shape index (κ1) is 13.6. The molecular formula is C12H10BrClN2OS. The molecular weight excluding hydrogens is 336 g/mol. The van der Waals surface area contributed by atoms with Crippen LogP contribution in [-0.4, -0.2) is 15.3 Å². The Morgan fingerprint density at radius 2 is 2.06 bits per heavy atom. The summed E-state index contributed by atoms with van der Waals surface area (Å²) in [6, 6.07) is 10.1. The molecule has 0 spiro atoms. The van der Waals surface area contributed by atoms with Gasteiger partial charge >= 0.3 is 0 Å². The average Bonchev–Trinajstić information content (AvgIpc) is 2.40. The summed E-state index contributed by atoms with van der Waals surface area (Å²) >= 11 is 10.6. The van der Waals surface area contributed by atoms with Gasteiger partial charge in [-0.25, -0.2) is 4.98 Å². The van der Waals surface area contributed by atoms with E-state index in [-0.39, 0.29) is 10.7 Å². The molecule has 18 heavy (non-hydrogen) atoms. The van der Waals surface area contributed by atoms with Gasteiger partial charge < -0.3 is 0 Å². The molecule has 1 aromatic heterocycles. The number of rotatable bonds is 4. The summed E-state index contributed by atoms with van der Waals surface area (Å²) in [6.07, 6.45) is 1.47. The van der Waals surface area contributed by atoms with E-state index in [2.05, 4.69) is 20.9 Å². The SMILES string of the molecule is O=c1c(Br)c(Cl)ncn1CCSc1ccccc1. The maximum absolute atomic E-state index is 11.8. The highest BCUT2D eigenvalue weighted by atomic mass is 79.9. The summed E-state index contributed by atoms with van der Waals surface area (Å²) in [5.74, 6) is 0.805. The predicted octanol–water partition coefficient (Wildman–Crippen LogP) is 3.45. The second-order valence-electron chi connectivity index (χ2n) is 3.51. The quantitative estimate of drug-likeness (QED) is 0.629. The van der Waals surface area contributed by atoms with Crippen molar-refractivity contribution in [1.29, 1.82) is 0 Å². The molecule has 0 aliphatic carbocycles. The highest BCUT2D eigenvalue weighted by Crippen LogP contribution is 2.17. The van der Waals surface area contributed by atoms with Gasteiger partial charge in [0.1, 0.15) is 4.47 Å². The van der Waals surface area contributed by atoms with Crippen molar-refractivity contribution >= 4 is 39.3 Å². The molecule has 0 saturated heterocycles. The molecule has 0 atom stereocenters. The molecule has 0 unspecified atom stereocenters. The van der Waals surface area contributed by atoms with Crippen molar-refractivity contribution in [3.8, 4) is 0 Å². The Balaban J connectivity index is 1.99. The zero-order chi connectivity index (χ0) is 13.0. The molecule has 0 saturated carbocycles. The van der Waals surface area contributed by atoms with Crippen LogP contribution < -0.4 is 5.56 Å². The number of benzene rings is 1. The Kier molecular flexibility index (Phi) is 4.86. The fraction of sp³-hybridized carbons (Fsp3) is 0.167. The van der Waals surface area contributed by atoms with Gasteiger partial charge in [-0.1, -0.05) is 29.8 Å². The van der Waals surface area contributed by atoms with Crippen LogP contribution in [0.4, 0.5) is 0 Å². The zero-order valence-corrected chi connectivity index (χ0v) is 12.5. The number of hydrogen-bond acceptors (Lipinski definition) is 3. The van der Waals surface area contributed by atoms with Crippen LogP contribution in [0.1, 0.15) is 0 Å². The highest BCUT2D eigenvalue weighted by molar-refractivity contribution is 9.10. The summed E-state index contributed by atoms with van der Waals surface area (Å²) in [4.78, 5) is 16.9. The molecule has 2 aromatic rings. The van der Waals surface area contributed by atoms with Crippen LogP contribution in [0.25, 0.3) is 0 Å². The summed E-state index contributed by atoms with van der Waals surface area (Å²) in [7, 11) is 0. The lowest BCUT2D eigenvalue weighted by Gasteiger charge is -2.06. The Hall–Kier alpha value is -0.780. The lowest BCUT2D eigenvalue weighted by Crippen LogP contribution is -2.22. The van der Waals surface area contributed by atoms with Crippen molar-refractivity contribution in [2.75, 3.05) is 5.75 Å². The van der Waals surface area contributed by atoms with Crippen LogP contribution in [0, 0.1) is 0 Å². The second kappa shape index (κ2) is 6.41. The number of thioether (sulfide) groups is 1. The van der Waals surface area contributed by atoms with Crippen molar-refractivity contribution in [2.45, 2.75) is 11.4 Å². The Labute approximate surface area is 122 Å². The van der Waals surface area contributed by atoms with Crippen molar-refractivity contribution in [3.63, 3.8) is 0 Å². The number of aromatic nitrogens is 2. The molecule has 94 valence electrons. The van der Waals surface area contributed by atoms with Crippen LogP contribution in [0.2, 0.25) is 5.15 Å². The Bertz CT molecular complexity index is 588. The topological polar surface area (TPSA) is 34.9 Å². The zero-order valence-electron chi connectivity index (χ0n) is 9.35. The van der Waals surface area contributed by atoms with Crippen molar-refractivity contribution in [3.05, 3.63) is 56.6 Å². The third-order valence-corrected chi connectivity index (χ3v) is 4.51. The number of halogens is 2. The second-order valence-corrected chi connectivity index (χ2v) is 5.83. The molecule has 0 aliphatic rings. The fourth-order valence-electron chi connectivity index (χ4n) is 1.38. The van der Waals surface area contributed by atoms with E-state index in [0.29, 0.717) is 11.0 Å². The van der Waals surface area contributed by atoms with Crippen LogP contribution in [0.3, 0.4) is 0 Å². The predicted molar refractivity (Wildman–Crippen MR) is 78.4 cm³/mol. The van der Waals surface area contributed by atoms with Gasteiger partial charge in [0.05, 0.1) is 6.33 Å². The molecule has 0 fully saturated rings. The van der Waals surface area contributed by atoms with E-state index in [1.54, 1.807) is 16.3 Å². The van der Waals surface area contributed by atoms with E-state index in [0.717, 1.165) is 5.75 Å². The van der Waals surface area contributed by atoms with Crippen LogP contribution in [0.15, 0.2) is 50.8 Å². The van der Waals surface area contributed by atoms with Gasteiger partial charge in [0, 0.05) is 17.2 Å². The van der Waals surface area contributed by atoms with Crippen LogP contribution in [0.5, 0.6) is 0 Å². The van der Waals surface area contributed by atoms with E-state index >= 15 is 0 Å². The lowest BCUT2D eigenvalue weighted by atomic mass is 10.4. The van der Waals surface area contributed by atoms with Crippen LogP contribution >= 0.6 is 39.3 Å². The summed E-state index contributed by atoms with van der Waals surface area (Å²) in [5, 5.41) is 0.201. The molecule has 1 heterocycles. The molecule has 0 aliphatic heterocycles. The maximum Gasteiger partial charge on any atom is 0.269 e. The molecule has 2 rings (SSSR count). The van der Waals surface area contributed by atoms with Gasteiger partial charge in [-0.15, -0.1) is 11.8 Å². The summed E-state index contributed by atoms with van der Waals surface area (Å²) < 4.78 is 1.86. The number of aryl methyl sites for hydroxylation is 1. The first-order valence-electron chi connectivity index (χ1n) is 5.27. The Morgan fingerprint density at radius 1 is 1.33 bits per heavy atom. The molecule has 1 aromatic carbocycles. The first-order valence-corrected chi connectivity index (χ1v) is 7.42. The minimum Gasteiger partial charge on any atom is -0.297 e. The van der Waals surface area contributed by atoms with E-state index in [1.165, 1.54) is 11.2 Å². The highest BCUT2D eigenvalue weighted by Gasteiger charge is 2.06. The largest absolute Gasteiger partial charge is 0.297 e. The number of nitrogens with zero attached hydrogens (tertiary/aromatic N) is 2. The van der Waals surface area contributed by atoms with Gasteiger partial charge in [0.15, 0.2) is 5.15 Å². The lowest BCUT2D eigenvalue weighted by molar-refractivity contribution is 0.709. The van der Waals surface area contributed by atoms with E-state index < -0.39 is 0 Å². The van der Waals surface area contributed by atoms with Gasteiger partial charge in [-0.2, -0.15) is 0 Å². The molecule has 0 N–H and O–H groups in total. The van der Waals surface area contributed by atoms with Gasteiger partial charge in [-0.3, -0.25) is 9.36 Å². The standard InChI is InChI=1S/C12H10BrClN2OS/c13-10-11(14)15-8-16(12(10)17)6-7-18-9-4-2-1-3-5-9/h1-5,8H,6-7H2. The normalized spacial score (nSPS) is 10.6. The summed E-state index contributed by atoms with van der Waals surface area (Å²) in [6.45, 7) is 0.598. The fourth-order valence-corrected chi connectivity index (χ4v) is 2.71. The molecule has 0 radical (unpaired) electrons. The van der Waals surface area contributed by atoms with Crippen molar-refractivity contribution in [2.24, 2.45) is 0 Å².